The van der Waals surface area contributed by atoms with E-state index in [1.807, 2.05) is 18.2 Å². The summed E-state index contributed by atoms with van der Waals surface area (Å²) in [7, 11) is 1.79. The molecule has 20 heavy (non-hydrogen) atoms. The van der Waals surface area contributed by atoms with Gasteiger partial charge in [0.15, 0.2) is 0 Å². The van der Waals surface area contributed by atoms with Crippen molar-refractivity contribution in [2.24, 2.45) is 5.92 Å². The number of amides is 2. The summed E-state index contributed by atoms with van der Waals surface area (Å²) >= 11 is 0. The molecule has 1 aromatic carbocycles. The van der Waals surface area contributed by atoms with Gasteiger partial charge in [0.2, 0.25) is 11.8 Å². The van der Waals surface area contributed by atoms with Gasteiger partial charge < -0.3 is 10.2 Å². The molecule has 0 spiro atoms. The zero-order valence-corrected chi connectivity index (χ0v) is 11.8. The molecule has 1 saturated carbocycles. The van der Waals surface area contributed by atoms with Crippen LogP contribution < -0.4 is 10.2 Å². The number of benzene rings is 1. The molecule has 0 radical (unpaired) electrons. The Balaban J connectivity index is 1.71. The molecule has 3 rings (SSSR count). The summed E-state index contributed by atoms with van der Waals surface area (Å²) in [5.74, 6) is 0.388. The highest BCUT2D eigenvalue weighted by Gasteiger charge is 2.25. The number of rotatable bonds is 2. The molecule has 2 amide bonds. The van der Waals surface area contributed by atoms with E-state index in [0.29, 0.717) is 6.42 Å². The van der Waals surface area contributed by atoms with Gasteiger partial charge in [-0.25, -0.2) is 0 Å². The molecule has 0 unspecified atom stereocenters. The van der Waals surface area contributed by atoms with E-state index in [1.54, 1.807) is 11.9 Å². The summed E-state index contributed by atoms with van der Waals surface area (Å²) in [6.45, 7) is 0. The van der Waals surface area contributed by atoms with Gasteiger partial charge in [-0.3, -0.25) is 9.59 Å². The average molecular weight is 272 g/mol. The Morgan fingerprint density at radius 3 is 2.75 bits per heavy atom. The van der Waals surface area contributed by atoms with Gasteiger partial charge in [-0.15, -0.1) is 0 Å². The summed E-state index contributed by atoms with van der Waals surface area (Å²) in [4.78, 5) is 25.5. The Hall–Kier alpha value is -1.84. The number of nitrogens with one attached hydrogen (secondary N) is 1. The Bertz CT molecular complexity index is 547. The van der Waals surface area contributed by atoms with E-state index in [2.05, 4.69) is 5.32 Å². The van der Waals surface area contributed by atoms with Gasteiger partial charge >= 0.3 is 0 Å². The first-order valence-corrected chi connectivity index (χ1v) is 7.35. The molecule has 1 heterocycles. The molecule has 2 aliphatic rings. The van der Waals surface area contributed by atoms with E-state index >= 15 is 0 Å². The maximum absolute atomic E-state index is 12.2. The zero-order chi connectivity index (χ0) is 14.1. The van der Waals surface area contributed by atoms with Crippen molar-refractivity contribution in [1.82, 2.24) is 0 Å². The molecule has 1 aliphatic heterocycles. The van der Waals surface area contributed by atoms with Crippen molar-refractivity contribution < 1.29 is 9.59 Å². The van der Waals surface area contributed by atoms with Gasteiger partial charge in [0.1, 0.15) is 0 Å². The zero-order valence-electron chi connectivity index (χ0n) is 11.8. The number of hydrogen-bond donors (Lipinski definition) is 1. The number of anilines is 2. The molecule has 4 nitrogen and oxygen atoms in total. The Morgan fingerprint density at radius 1 is 1.25 bits per heavy atom. The van der Waals surface area contributed by atoms with Crippen molar-refractivity contribution in [3.05, 3.63) is 23.8 Å². The topological polar surface area (TPSA) is 49.4 Å². The maximum atomic E-state index is 12.2. The molecular formula is C16H20N2O2. The number of fused-ring (bicyclic) bond motifs is 1. The van der Waals surface area contributed by atoms with E-state index < -0.39 is 0 Å². The Labute approximate surface area is 119 Å². The normalized spacial score (nSPS) is 19.1. The molecule has 0 aromatic heterocycles. The lowest BCUT2D eigenvalue weighted by Crippen LogP contribution is -2.24. The van der Waals surface area contributed by atoms with Crippen molar-refractivity contribution in [3.63, 3.8) is 0 Å². The van der Waals surface area contributed by atoms with Crippen LogP contribution in [0.1, 0.15) is 37.7 Å². The number of nitrogens with zero attached hydrogens (tertiary/aromatic N) is 1. The molecule has 1 N–H and O–H groups in total. The van der Waals surface area contributed by atoms with E-state index in [1.165, 1.54) is 6.42 Å². The van der Waals surface area contributed by atoms with Crippen molar-refractivity contribution >= 4 is 23.2 Å². The largest absolute Gasteiger partial charge is 0.326 e. The summed E-state index contributed by atoms with van der Waals surface area (Å²) in [6.07, 6.45) is 5.98. The second-order valence-electron chi connectivity index (χ2n) is 5.80. The fourth-order valence-electron chi connectivity index (χ4n) is 3.16. The lowest BCUT2D eigenvalue weighted by Gasteiger charge is -2.21. The van der Waals surface area contributed by atoms with Crippen molar-refractivity contribution in [2.75, 3.05) is 17.3 Å². The van der Waals surface area contributed by atoms with Gasteiger partial charge in [0.05, 0.1) is 6.42 Å². The van der Waals surface area contributed by atoms with Crippen LogP contribution in [0.3, 0.4) is 0 Å². The second kappa shape index (κ2) is 5.27. The SMILES string of the molecule is CN1C(=O)Cc2cc(NC(=O)C3CCCCC3)ccc21. The van der Waals surface area contributed by atoms with Crippen LogP contribution in [0.25, 0.3) is 0 Å². The molecule has 0 bridgehead atoms. The number of carbonyl (C=O) groups excluding carboxylic acids is 2. The summed E-state index contributed by atoms with van der Waals surface area (Å²) in [5, 5.41) is 3.00. The minimum atomic E-state index is 0.107. The molecule has 1 aliphatic carbocycles. The third-order valence-electron chi connectivity index (χ3n) is 4.40. The first-order valence-electron chi connectivity index (χ1n) is 7.35. The van der Waals surface area contributed by atoms with Gasteiger partial charge in [0, 0.05) is 24.3 Å². The summed E-state index contributed by atoms with van der Waals surface area (Å²) in [5.41, 5.74) is 2.76. The Morgan fingerprint density at radius 2 is 2.00 bits per heavy atom. The predicted molar refractivity (Wildman–Crippen MR) is 78.8 cm³/mol. The number of likely N-dealkylation sites (N-methyl/N-ethyl adjacent to an activating group) is 1. The van der Waals surface area contributed by atoms with Crippen LogP contribution in [0.4, 0.5) is 11.4 Å². The minimum absolute atomic E-state index is 0.107. The van der Waals surface area contributed by atoms with Gasteiger partial charge in [-0.1, -0.05) is 19.3 Å². The van der Waals surface area contributed by atoms with Crippen LogP contribution in [0.5, 0.6) is 0 Å². The Kier molecular flexibility index (Phi) is 3.47. The van der Waals surface area contributed by atoms with Crippen LogP contribution in [0.15, 0.2) is 18.2 Å². The van der Waals surface area contributed by atoms with E-state index in [-0.39, 0.29) is 17.7 Å². The highest BCUT2D eigenvalue weighted by atomic mass is 16.2. The maximum Gasteiger partial charge on any atom is 0.231 e. The second-order valence-corrected chi connectivity index (χ2v) is 5.80. The van der Waals surface area contributed by atoms with Gasteiger partial charge in [-0.2, -0.15) is 0 Å². The molecule has 0 saturated heterocycles. The predicted octanol–water partition coefficient (Wildman–Crippen LogP) is 2.72. The molecular weight excluding hydrogens is 252 g/mol. The average Bonchev–Trinajstić information content (AvgIpc) is 2.74. The smallest absolute Gasteiger partial charge is 0.231 e. The number of hydrogen-bond acceptors (Lipinski definition) is 2. The molecule has 4 heteroatoms. The third-order valence-corrected chi connectivity index (χ3v) is 4.40. The van der Waals surface area contributed by atoms with Gasteiger partial charge in [0.25, 0.3) is 0 Å². The van der Waals surface area contributed by atoms with Crippen LogP contribution >= 0.6 is 0 Å². The minimum Gasteiger partial charge on any atom is -0.326 e. The molecule has 0 atom stereocenters. The summed E-state index contributed by atoms with van der Waals surface area (Å²) in [6, 6.07) is 5.73. The highest BCUT2D eigenvalue weighted by Crippen LogP contribution is 2.31. The van der Waals surface area contributed by atoms with Gasteiger partial charge in [-0.05, 0) is 36.6 Å². The van der Waals surface area contributed by atoms with Crippen molar-refractivity contribution in [1.29, 1.82) is 0 Å². The molecule has 1 fully saturated rings. The fourth-order valence-corrected chi connectivity index (χ4v) is 3.16. The van der Waals surface area contributed by atoms with E-state index in [0.717, 1.165) is 42.6 Å². The quantitative estimate of drug-likeness (QED) is 0.900. The first kappa shape index (κ1) is 13.2. The lowest BCUT2D eigenvalue weighted by molar-refractivity contribution is -0.120. The monoisotopic (exact) mass is 272 g/mol. The van der Waals surface area contributed by atoms with Crippen molar-refractivity contribution in [2.45, 2.75) is 38.5 Å². The first-order chi connectivity index (χ1) is 9.65. The van der Waals surface area contributed by atoms with E-state index in [9.17, 15) is 9.59 Å². The van der Waals surface area contributed by atoms with Crippen molar-refractivity contribution in [3.8, 4) is 0 Å². The summed E-state index contributed by atoms with van der Waals surface area (Å²) < 4.78 is 0. The third kappa shape index (κ3) is 2.42. The van der Waals surface area contributed by atoms with Crippen LogP contribution in [0.2, 0.25) is 0 Å². The molecule has 106 valence electrons. The fraction of sp³-hybridized carbons (Fsp3) is 0.500. The molecule has 1 aromatic rings. The van der Waals surface area contributed by atoms with Crippen LogP contribution in [-0.2, 0) is 16.0 Å². The standard InChI is InChI=1S/C16H20N2O2/c1-18-14-8-7-13(9-12(14)10-15(18)19)17-16(20)11-5-3-2-4-6-11/h7-9,11H,2-6,10H2,1H3,(H,17,20). The lowest BCUT2D eigenvalue weighted by atomic mass is 9.88. The van der Waals surface area contributed by atoms with Crippen LogP contribution in [-0.4, -0.2) is 18.9 Å². The van der Waals surface area contributed by atoms with E-state index in [4.69, 9.17) is 0 Å². The number of carbonyl (C=O) groups is 2. The van der Waals surface area contributed by atoms with Crippen LogP contribution in [0, 0.1) is 5.92 Å². The highest BCUT2D eigenvalue weighted by molar-refractivity contribution is 6.02.